The molecule has 0 aliphatic carbocycles. The number of benzene rings is 1. The van der Waals surface area contributed by atoms with Gasteiger partial charge in [0.15, 0.2) is 5.96 Å². The number of phenols is 1. The molecule has 1 rings (SSSR count). The lowest BCUT2D eigenvalue weighted by molar-refractivity contribution is -0.142. The van der Waals surface area contributed by atoms with Gasteiger partial charge < -0.3 is 86.1 Å². The van der Waals surface area contributed by atoms with E-state index in [-0.39, 0.29) is 63.4 Å². The van der Waals surface area contributed by atoms with E-state index in [1.807, 2.05) is 0 Å². The van der Waals surface area contributed by atoms with Crippen molar-refractivity contribution >= 4 is 76.9 Å². The van der Waals surface area contributed by atoms with Crippen LogP contribution in [0.25, 0.3) is 0 Å². The van der Waals surface area contributed by atoms with E-state index in [1.165, 1.54) is 49.9 Å². The summed E-state index contributed by atoms with van der Waals surface area (Å²) in [7, 11) is 0. The molecule has 69 heavy (non-hydrogen) atoms. The fourth-order valence-corrected chi connectivity index (χ4v) is 6.45. The first kappa shape index (κ1) is 60.2. The minimum atomic E-state index is -1.63. The second-order valence-corrected chi connectivity index (χ2v) is 16.5. The molecule has 0 fully saturated rings. The lowest BCUT2D eigenvalue weighted by Gasteiger charge is -2.26. The van der Waals surface area contributed by atoms with Crippen molar-refractivity contribution in [2.24, 2.45) is 27.9 Å². The summed E-state index contributed by atoms with van der Waals surface area (Å²) in [6.45, 7) is 0.617. The monoisotopic (exact) mass is 996 g/mol. The third-order valence-corrected chi connectivity index (χ3v) is 10.4. The number of aliphatic hydroxyl groups excluding tert-OH is 1. The van der Waals surface area contributed by atoms with Crippen molar-refractivity contribution in [1.29, 1.82) is 0 Å². The van der Waals surface area contributed by atoms with Crippen molar-refractivity contribution in [2.75, 3.05) is 51.3 Å². The van der Waals surface area contributed by atoms with E-state index in [9.17, 15) is 63.3 Å². The lowest BCUT2D eigenvalue weighted by Crippen LogP contribution is -2.59. The Bertz CT molecular complexity index is 1920. The van der Waals surface area contributed by atoms with E-state index in [1.54, 1.807) is 6.26 Å². The second kappa shape index (κ2) is 32.8. The molecule has 0 heterocycles. The maximum Gasteiger partial charge on any atom is 0.326 e. The average Bonchev–Trinajstić information content (AvgIpc) is 3.30. The number of amides is 9. The largest absolute Gasteiger partial charge is 0.508 e. The number of nitrogens with one attached hydrogen (secondary N) is 9. The summed E-state index contributed by atoms with van der Waals surface area (Å²) < 4.78 is 0. The zero-order valence-corrected chi connectivity index (χ0v) is 39.7. The molecule has 20 N–H and O–H groups in total. The fraction of sp³-hybridized carbons (Fsp3) is 0.585. The fourth-order valence-electron chi connectivity index (χ4n) is 5.98. The van der Waals surface area contributed by atoms with Crippen molar-refractivity contribution < 1.29 is 63.3 Å². The van der Waals surface area contributed by atoms with Crippen molar-refractivity contribution in [3.63, 3.8) is 0 Å². The smallest absolute Gasteiger partial charge is 0.326 e. The molecule has 9 amide bonds. The van der Waals surface area contributed by atoms with Crippen LogP contribution in [0.4, 0.5) is 0 Å². The Kier molecular flexibility index (Phi) is 28.7. The molecule has 27 nitrogen and oxygen atoms in total. The number of hydrogen-bond donors (Lipinski definition) is 16. The molecule has 0 radical (unpaired) electrons. The Morgan fingerprint density at radius 1 is 0.623 bits per heavy atom. The van der Waals surface area contributed by atoms with Gasteiger partial charge in [-0.15, -0.1) is 0 Å². The van der Waals surface area contributed by atoms with Crippen LogP contribution >= 0.6 is 11.8 Å². The minimum Gasteiger partial charge on any atom is -0.508 e. The average molecular weight is 997 g/mol. The third-order valence-electron chi connectivity index (χ3n) is 9.75. The Labute approximate surface area is 403 Å². The molecular weight excluding hydrogens is 929 g/mol. The molecule has 386 valence electrons. The number of nitrogens with two attached hydrogens (primary N) is 4. The molecule has 1 aromatic rings. The molecule has 28 heteroatoms. The van der Waals surface area contributed by atoms with Gasteiger partial charge in [-0.05, 0) is 88.6 Å². The van der Waals surface area contributed by atoms with Gasteiger partial charge in [-0.2, -0.15) is 11.8 Å². The number of rotatable bonds is 33. The van der Waals surface area contributed by atoms with Gasteiger partial charge in [0, 0.05) is 13.0 Å². The van der Waals surface area contributed by atoms with Gasteiger partial charge in [0.25, 0.3) is 0 Å². The first-order chi connectivity index (χ1) is 32.6. The maximum atomic E-state index is 13.6. The normalized spacial score (nSPS) is 13.8. The minimum absolute atomic E-state index is 0.0283. The molecule has 0 spiro atoms. The number of aromatic hydroxyl groups is 1. The quantitative estimate of drug-likeness (QED) is 0.0177. The van der Waals surface area contributed by atoms with Crippen molar-refractivity contribution in [2.45, 2.75) is 101 Å². The summed E-state index contributed by atoms with van der Waals surface area (Å²) in [5.74, 6) is -8.63. The van der Waals surface area contributed by atoms with Crippen LogP contribution < -0.4 is 70.8 Å². The number of hydrogen-bond acceptors (Lipinski definition) is 16. The van der Waals surface area contributed by atoms with Gasteiger partial charge >= 0.3 is 5.97 Å². The highest BCUT2D eigenvalue weighted by Gasteiger charge is 2.32. The number of nitrogens with zero attached hydrogens (tertiary/aromatic N) is 1. The lowest BCUT2D eigenvalue weighted by atomic mass is 10.0. The Morgan fingerprint density at radius 2 is 1.14 bits per heavy atom. The summed E-state index contributed by atoms with van der Waals surface area (Å²) in [6, 6.07) is -2.40. The molecule has 0 saturated heterocycles. The first-order valence-corrected chi connectivity index (χ1v) is 23.3. The van der Waals surface area contributed by atoms with E-state index in [4.69, 9.17) is 22.9 Å². The summed E-state index contributed by atoms with van der Waals surface area (Å²) in [5.41, 5.74) is 22.1. The standard InChI is InChI=1S/C41H68N14O13S/c1-22(50-36(63)27(8-6-15-46-41(44)45)53-39(66)34(23(2)56)55-33(61)20-48-31(59)19-47-30(58)18-43)35(62)49-21-32(60)51-28(13-16-69-3)38(65)52-26(7-4-5-14-42)37(64)54-29(40(67)68)17-24-9-11-25(57)12-10-24/h9-12,22-23,26-29,34,56-57H,4-8,13-21,42-43H2,1-3H3,(H,47,58)(H,48,59)(H,49,62)(H,50,63)(H,51,60)(H,52,65)(H,53,66)(H,54,64)(H,55,61)(H,67,68)(H4,44,45,46)/t22-,23+,26-,27-,28-,29-,34-/m0/s1. The van der Waals surface area contributed by atoms with Gasteiger partial charge in [-0.25, -0.2) is 4.79 Å². The maximum absolute atomic E-state index is 13.6. The molecule has 0 aliphatic heterocycles. The zero-order chi connectivity index (χ0) is 52.1. The molecule has 0 bridgehead atoms. The summed E-state index contributed by atoms with van der Waals surface area (Å²) in [5, 5.41) is 51.2. The van der Waals surface area contributed by atoms with E-state index in [2.05, 4.69) is 52.8 Å². The van der Waals surface area contributed by atoms with Gasteiger partial charge in [-0.1, -0.05) is 12.1 Å². The SMILES string of the molecule is CSCC[C@H](NC(=O)CNC(=O)[C@H](C)NC(=O)[C@H](CCCN=C(N)N)NC(=O)[C@@H](NC(=O)CNC(=O)CNC(=O)CN)[C@@H](C)O)C(=O)N[C@@H](CCCCN)C(=O)N[C@@H](Cc1ccc(O)cc1)C(=O)O. The topological polar surface area (TPSA) is 456 Å². The molecule has 0 aromatic heterocycles. The van der Waals surface area contributed by atoms with Gasteiger partial charge in [0.1, 0.15) is 42.0 Å². The number of aliphatic imine (C=N–C) groups is 1. The summed E-state index contributed by atoms with van der Waals surface area (Å²) in [6.07, 6.45) is 1.21. The molecule has 0 aliphatic rings. The Hall–Kier alpha value is -6.78. The number of thioether (sulfide) groups is 1. The highest BCUT2D eigenvalue weighted by molar-refractivity contribution is 7.98. The van der Waals surface area contributed by atoms with E-state index in [0.29, 0.717) is 24.2 Å². The number of unbranched alkanes of at least 4 members (excludes halogenated alkanes) is 1. The highest BCUT2D eigenvalue weighted by Crippen LogP contribution is 2.13. The number of carboxylic acids is 1. The van der Waals surface area contributed by atoms with Crippen molar-refractivity contribution in [3.05, 3.63) is 29.8 Å². The van der Waals surface area contributed by atoms with Crippen LogP contribution in [0.2, 0.25) is 0 Å². The van der Waals surface area contributed by atoms with E-state index >= 15 is 0 Å². The second-order valence-electron chi connectivity index (χ2n) is 15.5. The molecular formula is C41H68N14O13S. The van der Waals surface area contributed by atoms with Gasteiger partial charge in [-0.3, -0.25) is 48.1 Å². The molecule has 1 aromatic carbocycles. The van der Waals surface area contributed by atoms with Crippen LogP contribution in [-0.4, -0.2) is 174 Å². The zero-order valence-electron chi connectivity index (χ0n) is 38.8. The number of phenolic OH excluding ortho intramolecular Hbond substituents is 1. The van der Waals surface area contributed by atoms with Gasteiger partial charge in [0.2, 0.25) is 53.2 Å². The van der Waals surface area contributed by atoms with E-state index in [0.717, 1.165) is 0 Å². The van der Waals surface area contributed by atoms with Crippen LogP contribution in [0.15, 0.2) is 29.3 Å². The van der Waals surface area contributed by atoms with Crippen LogP contribution in [0.3, 0.4) is 0 Å². The number of aliphatic hydroxyl groups is 1. The van der Waals surface area contributed by atoms with Crippen LogP contribution in [-0.2, 0) is 54.4 Å². The predicted octanol–water partition coefficient (Wildman–Crippen LogP) is -6.43. The number of carboxylic acid groups (broad SMARTS) is 1. The summed E-state index contributed by atoms with van der Waals surface area (Å²) >= 11 is 1.36. The Morgan fingerprint density at radius 3 is 1.71 bits per heavy atom. The highest BCUT2D eigenvalue weighted by atomic mass is 32.2. The molecule has 0 saturated carbocycles. The number of carbonyl (C=O) groups is 10. The van der Waals surface area contributed by atoms with Crippen LogP contribution in [0.5, 0.6) is 5.75 Å². The van der Waals surface area contributed by atoms with Gasteiger partial charge in [0.05, 0.1) is 32.3 Å². The molecule has 0 unspecified atom stereocenters. The van der Waals surface area contributed by atoms with Crippen LogP contribution in [0, 0.1) is 0 Å². The van der Waals surface area contributed by atoms with Crippen molar-refractivity contribution in [3.8, 4) is 5.75 Å². The number of aliphatic carboxylic acids is 1. The van der Waals surface area contributed by atoms with Crippen molar-refractivity contribution in [1.82, 2.24) is 47.9 Å². The summed E-state index contributed by atoms with van der Waals surface area (Å²) in [4.78, 5) is 132. The van der Waals surface area contributed by atoms with Crippen LogP contribution in [0.1, 0.15) is 57.9 Å². The third kappa shape index (κ3) is 25.2. The molecule has 7 atom stereocenters. The number of carbonyl (C=O) groups excluding carboxylic acids is 9. The first-order valence-electron chi connectivity index (χ1n) is 21.9. The predicted molar refractivity (Wildman–Crippen MR) is 252 cm³/mol. The van der Waals surface area contributed by atoms with E-state index < -0.39 is 121 Å². The number of guanidine groups is 1. The Balaban J connectivity index is 3.03.